The molecule has 0 radical (unpaired) electrons. The number of benzene rings is 1. The third kappa shape index (κ3) is 1.36. The van der Waals surface area contributed by atoms with Crippen molar-refractivity contribution in [2.24, 2.45) is 0 Å². The van der Waals surface area contributed by atoms with Crippen LogP contribution >= 0.6 is 11.6 Å². The summed E-state index contributed by atoms with van der Waals surface area (Å²) >= 11 is 5.84. The first kappa shape index (κ1) is 8.79. The highest BCUT2D eigenvalue weighted by molar-refractivity contribution is 6.34. The van der Waals surface area contributed by atoms with Crippen molar-refractivity contribution >= 4 is 22.4 Å². The number of phenolic OH excluding ortho intramolecular Hbond substituents is 1. The first-order valence-electron chi connectivity index (χ1n) is 3.90. The highest BCUT2D eigenvalue weighted by Crippen LogP contribution is 2.25. The Hall–Kier alpha value is -1.79. The summed E-state index contributed by atoms with van der Waals surface area (Å²) in [7, 11) is 0. The predicted octanol–water partition coefficient (Wildman–Crippen LogP) is 2.47. The summed E-state index contributed by atoms with van der Waals surface area (Å²) in [5, 5.41) is 19.6. The van der Waals surface area contributed by atoms with Crippen LogP contribution in [0, 0.1) is 11.3 Å². The zero-order valence-electron chi connectivity index (χ0n) is 7.03. The average Bonchev–Trinajstić information content (AvgIpc) is 2.19. The lowest BCUT2D eigenvalue weighted by Crippen LogP contribution is -1.85. The standard InChI is InChI=1S/C10H5ClN2O/c11-10-9-4-8(14)2-1-6(9)3-7(5-12)13-10/h1-4,14H. The van der Waals surface area contributed by atoms with Gasteiger partial charge in [-0.15, -0.1) is 0 Å². The Morgan fingerprint density at radius 3 is 2.86 bits per heavy atom. The molecule has 0 spiro atoms. The van der Waals surface area contributed by atoms with Crippen molar-refractivity contribution in [3.63, 3.8) is 0 Å². The molecular formula is C10H5ClN2O. The second-order valence-corrected chi connectivity index (χ2v) is 3.17. The van der Waals surface area contributed by atoms with Crippen molar-refractivity contribution < 1.29 is 5.11 Å². The van der Waals surface area contributed by atoms with Crippen molar-refractivity contribution in [1.82, 2.24) is 4.98 Å². The van der Waals surface area contributed by atoms with Crippen LogP contribution in [0.25, 0.3) is 10.8 Å². The van der Waals surface area contributed by atoms with Crippen LogP contribution in [0.5, 0.6) is 5.75 Å². The van der Waals surface area contributed by atoms with Gasteiger partial charge in [0, 0.05) is 5.39 Å². The number of nitriles is 1. The summed E-state index contributed by atoms with van der Waals surface area (Å²) in [6.07, 6.45) is 0. The Labute approximate surface area is 85.2 Å². The summed E-state index contributed by atoms with van der Waals surface area (Å²) in [5.41, 5.74) is 0.271. The highest BCUT2D eigenvalue weighted by Gasteiger charge is 2.04. The van der Waals surface area contributed by atoms with Crippen LogP contribution in [0.4, 0.5) is 0 Å². The van der Waals surface area contributed by atoms with E-state index in [1.165, 1.54) is 6.07 Å². The molecule has 14 heavy (non-hydrogen) atoms. The molecule has 0 fully saturated rings. The van der Waals surface area contributed by atoms with Gasteiger partial charge in [0.15, 0.2) is 0 Å². The molecule has 2 aromatic rings. The molecule has 2 rings (SSSR count). The number of fused-ring (bicyclic) bond motifs is 1. The summed E-state index contributed by atoms with van der Waals surface area (Å²) in [4.78, 5) is 3.85. The minimum atomic E-state index is 0.130. The van der Waals surface area contributed by atoms with Gasteiger partial charge in [-0.05, 0) is 23.6 Å². The minimum Gasteiger partial charge on any atom is -0.508 e. The van der Waals surface area contributed by atoms with Crippen LogP contribution in [0.15, 0.2) is 24.3 Å². The molecule has 3 nitrogen and oxygen atoms in total. The lowest BCUT2D eigenvalue weighted by Gasteiger charge is -2.00. The third-order valence-corrected chi connectivity index (χ3v) is 2.17. The van der Waals surface area contributed by atoms with E-state index < -0.39 is 0 Å². The van der Waals surface area contributed by atoms with E-state index >= 15 is 0 Å². The van der Waals surface area contributed by atoms with E-state index in [-0.39, 0.29) is 16.6 Å². The molecule has 0 unspecified atom stereocenters. The number of rotatable bonds is 0. The zero-order chi connectivity index (χ0) is 10.1. The van der Waals surface area contributed by atoms with Crippen molar-refractivity contribution in [3.05, 3.63) is 35.1 Å². The zero-order valence-corrected chi connectivity index (χ0v) is 7.78. The molecule has 1 heterocycles. The molecule has 4 heteroatoms. The maximum Gasteiger partial charge on any atom is 0.142 e. The molecule has 0 atom stereocenters. The van der Waals surface area contributed by atoms with E-state index in [1.54, 1.807) is 18.2 Å². The van der Waals surface area contributed by atoms with E-state index in [2.05, 4.69) is 4.98 Å². The van der Waals surface area contributed by atoms with Gasteiger partial charge in [-0.25, -0.2) is 4.98 Å². The fourth-order valence-electron chi connectivity index (χ4n) is 1.25. The molecule has 0 saturated carbocycles. The monoisotopic (exact) mass is 204 g/mol. The highest BCUT2D eigenvalue weighted by atomic mass is 35.5. The van der Waals surface area contributed by atoms with Crippen molar-refractivity contribution in [2.75, 3.05) is 0 Å². The van der Waals surface area contributed by atoms with Gasteiger partial charge in [-0.1, -0.05) is 17.7 Å². The van der Waals surface area contributed by atoms with Gasteiger partial charge in [0.2, 0.25) is 0 Å². The SMILES string of the molecule is N#Cc1cc2ccc(O)cc2c(Cl)n1. The fraction of sp³-hybridized carbons (Fsp3) is 0. The van der Waals surface area contributed by atoms with Gasteiger partial charge in [0.05, 0.1) is 0 Å². The summed E-state index contributed by atoms with van der Waals surface area (Å²) in [6.45, 7) is 0. The Bertz CT molecular complexity index is 546. The first-order valence-corrected chi connectivity index (χ1v) is 4.28. The van der Waals surface area contributed by atoms with Gasteiger partial charge < -0.3 is 5.11 Å². The quantitative estimate of drug-likeness (QED) is 0.671. The molecule has 0 aliphatic carbocycles. The molecule has 0 aliphatic rings. The van der Waals surface area contributed by atoms with E-state index in [0.29, 0.717) is 5.39 Å². The smallest absolute Gasteiger partial charge is 0.142 e. The minimum absolute atomic E-state index is 0.130. The van der Waals surface area contributed by atoms with Crippen molar-refractivity contribution in [1.29, 1.82) is 5.26 Å². The van der Waals surface area contributed by atoms with E-state index in [0.717, 1.165) is 5.39 Å². The largest absolute Gasteiger partial charge is 0.508 e. The Kier molecular flexibility index (Phi) is 1.99. The van der Waals surface area contributed by atoms with Gasteiger partial charge >= 0.3 is 0 Å². The van der Waals surface area contributed by atoms with Crippen LogP contribution in [0.2, 0.25) is 5.15 Å². The fourth-order valence-corrected chi connectivity index (χ4v) is 1.51. The number of hydrogen-bond donors (Lipinski definition) is 1. The number of pyridine rings is 1. The number of hydrogen-bond acceptors (Lipinski definition) is 3. The number of aromatic nitrogens is 1. The summed E-state index contributed by atoms with van der Waals surface area (Å²) in [5.74, 6) is 0.130. The van der Waals surface area contributed by atoms with Crippen molar-refractivity contribution in [2.45, 2.75) is 0 Å². The van der Waals surface area contributed by atoms with Gasteiger partial charge in [-0.2, -0.15) is 5.26 Å². The molecule has 1 N–H and O–H groups in total. The number of aromatic hydroxyl groups is 1. The lowest BCUT2D eigenvalue weighted by atomic mass is 10.1. The van der Waals surface area contributed by atoms with Crippen LogP contribution in [-0.2, 0) is 0 Å². The molecule has 1 aromatic heterocycles. The topological polar surface area (TPSA) is 56.9 Å². The second-order valence-electron chi connectivity index (χ2n) is 2.82. The molecule has 0 amide bonds. The second kappa shape index (κ2) is 3.17. The number of nitrogens with zero attached hydrogens (tertiary/aromatic N) is 2. The normalized spacial score (nSPS) is 10.0. The molecule has 0 bridgehead atoms. The van der Waals surface area contributed by atoms with Crippen LogP contribution in [0.1, 0.15) is 5.69 Å². The molecular weight excluding hydrogens is 200 g/mol. The third-order valence-electron chi connectivity index (χ3n) is 1.88. The van der Waals surface area contributed by atoms with Crippen LogP contribution in [-0.4, -0.2) is 10.1 Å². The molecule has 68 valence electrons. The predicted molar refractivity (Wildman–Crippen MR) is 53.1 cm³/mol. The Morgan fingerprint density at radius 1 is 1.36 bits per heavy atom. The Morgan fingerprint density at radius 2 is 2.14 bits per heavy atom. The molecule has 0 aliphatic heterocycles. The van der Waals surface area contributed by atoms with Crippen LogP contribution < -0.4 is 0 Å². The maximum absolute atomic E-state index is 9.23. The number of halogens is 1. The van der Waals surface area contributed by atoms with Crippen LogP contribution in [0.3, 0.4) is 0 Å². The van der Waals surface area contributed by atoms with E-state index in [4.69, 9.17) is 16.9 Å². The van der Waals surface area contributed by atoms with E-state index in [1.807, 2.05) is 6.07 Å². The van der Waals surface area contributed by atoms with Gasteiger partial charge in [-0.3, -0.25) is 0 Å². The molecule has 1 aromatic carbocycles. The summed E-state index contributed by atoms with van der Waals surface area (Å²) < 4.78 is 0. The molecule has 0 saturated heterocycles. The van der Waals surface area contributed by atoms with Gasteiger partial charge in [0.1, 0.15) is 22.7 Å². The van der Waals surface area contributed by atoms with E-state index in [9.17, 15) is 5.11 Å². The lowest BCUT2D eigenvalue weighted by molar-refractivity contribution is 0.476. The summed E-state index contributed by atoms with van der Waals surface area (Å²) in [6, 6.07) is 8.30. The van der Waals surface area contributed by atoms with Crippen molar-refractivity contribution in [3.8, 4) is 11.8 Å². The maximum atomic E-state index is 9.23. The average molecular weight is 205 g/mol. The first-order chi connectivity index (χ1) is 6.70. The Balaban J connectivity index is 2.84. The van der Waals surface area contributed by atoms with Gasteiger partial charge in [0.25, 0.3) is 0 Å². The number of phenols is 1.